The lowest BCUT2D eigenvalue weighted by atomic mass is 10.2. The van der Waals surface area contributed by atoms with Crippen LogP contribution in [0.3, 0.4) is 0 Å². The van der Waals surface area contributed by atoms with Crippen LogP contribution in [0.2, 0.25) is 10.0 Å². The SMILES string of the molecule is COc1cc(C(=O)OCC(=O)Nc2ccc(Cl)cn2)cc(Cl)c1OCC(N)=O. The highest BCUT2D eigenvalue weighted by atomic mass is 35.5. The number of nitrogens with zero attached hydrogens (tertiary/aromatic N) is 1. The molecule has 148 valence electrons. The summed E-state index contributed by atoms with van der Waals surface area (Å²) in [5.41, 5.74) is 5.04. The molecule has 0 aliphatic heterocycles. The molecule has 0 fully saturated rings. The summed E-state index contributed by atoms with van der Waals surface area (Å²) >= 11 is 11.8. The zero-order valence-corrected chi connectivity index (χ0v) is 16.0. The molecule has 0 bridgehead atoms. The number of anilines is 1. The lowest BCUT2D eigenvalue weighted by molar-refractivity contribution is -0.120. The first-order valence-electron chi connectivity index (χ1n) is 7.67. The third-order valence-electron chi connectivity index (χ3n) is 3.15. The van der Waals surface area contributed by atoms with E-state index in [9.17, 15) is 14.4 Å². The minimum absolute atomic E-state index is 0.00219. The van der Waals surface area contributed by atoms with Crippen molar-refractivity contribution in [2.75, 3.05) is 25.6 Å². The molecule has 1 heterocycles. The van der Waals surface area contributed by atoms with E-state index in [0.29, 0.717) is 5.02 Å². The van der Waals surface area contributed by atoms with Crippen LogP contribution in [-0.2, 0) is 14.3 Å². The van der Waals surface area contributed by atoms with Crippen molar-refractivity contribution < 1.29 is 28.6 Å². The molecule has 2 amide bonds. The maximum atomic E-state index is 12.2. The minimum atomic E-state index is -0.819. The molecule has 2 rings (SSSR count). The highest BCUT2D eigenvalue weighted by molar-refractivity contribution is 6.32. The van der Waals surface area contributed by atoms with Crippen LogP contribution < -0.4 is 20.5 Å². The zero-order chi connectivity index (χ0) is 20.7. The summed E-state index contributed by atoms with van der Waals surface area (Å²) in [5.74, 6) is -1.72. The summed E-state index contributed by atoms with van der Waals surface area (Å²) in [6.45, 7) is -0.970. The maximum Gasteiger partial charge on any atom is 0.338 e. The smallest absolute Gasteiger partial charge is 0.338 e. The van der Waals surface area contributed by atoms with Crippen molar-refractivity contribution in [1.82, 2.24) is 4.98 Å². The molecule has 0 aliphatic carbocycles. The fourth-order valence-electron chi connectivity index (χ4n) is 1.96. The van der Waals surface area contributed by atoms with Gasteiger partial charge >= 0.3 is 5.97 Å². The zero-order valence-electron chi connectivity index (χ0n) is 14.5. The molecule has 0 aliphatic rings. The average Bonchev–Trinajstić information content (AvgIpc) is 2.66. The molecule has 0 radical (unpaired) electrons. The van der Waals surface area contributed by atoms with Gasteiger partial charge in [-0.2, -0.15) is 0 Å². The Balaban J connectivity index is 2.01. The second kappa shape index (κ2) is 9.77. The molecule has 0 saturated carbocycles. The first kappa shape index (κ1) is 21.3. The van der Waals surface area contributed by atoms with Crippen LogP contribution in [0, 0.1) is 0 Å². The number of benzene rings is 1. The second-order valence-corrected chi connectivity index (χ2v) is 6.07. The van der Waals surface area contributed by atoms with Crippen molar-refractivity contribution in [2.45, 2.75) is 0 Å². The predicted octanol–water partition coefficient (Wildman–Crippen LogP) is 2.06. The number of nitrogens with one attached hydrogen (secondary N) is 1. The molecular formula is C17H15Cl2N3O6. The fourth-order valence-corrected chi connectivity index (χ4v) is 2.34. The molecule has 28 heavy (non-hydrogen) atoms. The van der Waals surface area contributed by atoms with E-state index in [-0.39, 0.29) is 27.9 Å². The third kappa shape index (κ3) is 6.00. The Morgan fingerprint density at radius 1 is 1.18 bits per heavy atom. The van der Waals surface area contributed by atoms with E-state index in [2.05, 4.69) is 10.3 Å². The lowest BCUT2D eigenvalue weighted by Gasteiger charge is -2.13. The van der Waals surface area contributed by atoms with Gasteiger partial charge < -0.3 is 25.3 Å². The van der Waals surface area contributed by atoms with E-state index < -0.39 is 31.0 Å². The number of pyridine rings is 1. The van der Waals surface area contributed by atoms with Crippen LogP contribution in [0.25, 0.3) is 0 Å². The Hall–Kier alpha value is -3.04. The van der Waals surface area contributed by atoms with E-state index >= 15 is 0 Å². The maximum absolute atomic E-state index is 12.2. The Kier molecular flexibility index (Phi) is 7.42. The van der Waals surface area contributed by atoms with E-state index in [4.69, 9.17) is 43.1 Å². The monoisotopic (exact) mass is 427 g/mol. The van der Waals surface area contributed by atoms with Crippen LogP contribution in [0.15, 0.2) is 30.5 Å². The van der Waals surface area contributed by atoms with Crippen LogP contribution in [-0.4, -0.2) is 43.1 Å². The van der Waals surface area contributed by atoms with Gasteiger partial charge in [0.05, 0.1) is 22.7 Å². The van der Waals surface area contributed by atoms with Crippen molar-refractivity contribution in [1.29, 1.82) is 0 Å². The largest absolute Gasteiger partial charge is 0.493 e. The molecule has 0 spiro atoms. The average molecular weight is 428 g/mol. The molecule has 0 unspecified atom stereocenters. The molecule has 2 aromatic rings. The molecule has 1 aromatic carbocycles. The molecule has 11 heteroatoms. The molecule has 0 saturated heterocycles. The van der Waals surface area contributed by atoms with Gasteiger partial charge in [0.15, 0.2) is 24.7 Å². The number of rotatable bonds is 8. The molecule has 3 N–H and O–H groups in total. The third-order valence-corrected chi connectivity index (χ3v) is 3.66. The molecule has 9 nitrogen and oxygen atoms in total. The summed E-state index contributed by atoms with van der Waals surface area (Å²) in [5, 5.41) is 2.86. The van der Waals surface area contributed by atoms with E-state index in [1.54, 1.807) is 6.07 Å². The standard InChI is InChI=1S/C17H15Cl2N3O6/c1-26-12-5-9(4-11(19)16(12)27-7-13(20)23)17(25)28-8-15(24)22-14-3-2-10(18)6-21-14/h2-6H,7-8H2,1H3,(H2,20,23)(H,21,22,24). The number of halogens is 2. The number of nitrogens with two attached hydrogens (primary N) is 1. The second-order valence-electron chi connectivity index (χ2n) is 5.23. The normalized spacial score (nSPS) is 10.1. The summed E-state index contributed by atoms with van der Waals surface area (Å²) in [6.07, 6.45) is 1.36. The van der Waals surface area contributed by atoms with Gasteiger partial charge in [-0.25, -0.2) is 9.78 Å². The highest BCUT2D eigenvalue weighted by Gasteiger charge is 2.18. The quantitative estimate of drug-likeness (QED) is 0.616. The van der Waals surface area contributed by atoms with Gasteiger partial charge in [-0.3, -0.25) is 9.59 Å². The van der Waals surface area contributed by atoms with E-state index in [0.717, 1.165) is 0 Å². The number of ether oxygens (including phenoxy) is 3. The van der Waals surface area contributed by atoms with Crippen LogP contribution in [0.5, 0.6) is 11.5 Å². The minimum Gasteiger partial charge on any atom is -0.493 e. The van der Waals surface area contributed by atoms with Gasteiger partial charge in [0.1, 0.15) is 5.82 Å². The van der Waals surface area contributed by atoms with E-state index in [1.165, 1.54) is 31.5 Å². The number of methoxy groups -OCH3 is 1. The number of esters is 1. The van der Waals surface area contributed by atoms with Crippen molar-refractivity contribution in [2.24, 2.45) is 5.73 Å². The van der Waals surface area contributed by atoms with Gasteiger partial charge in [-0.1, -0.05) is 23.2 Å². The fraction of sp³-hybridized carbons (Fsp3) is 0.176. The first-order chi connectivity index (χ1) is 13.3. The molecule has 0 atom stereocenters. The Morgan fingerprint density at radius 2 is 1.93 bits per heavy atom. The topological polar surface area (TPSA) is 130 Å². The summed E-state index contributed by atoms with van der Waals surface area (Å²) in [4.78, 5) is 38.8. The predicted molar refractivity (Wildman–Crippen MR) is 101 cm³/mol. The Bertz CT molecular complexity index is 889. The van der Waals surface area contributed by atoms with Crippen molar-refractivity contribution in [3.8, 4) is 11.5 Å². The van der Waals surface area contributed by atoms with Crippen LogP contribution in [0.1, 0.15) is 10.4 Å². The lowest BCUT2D eigenvalue weighted by Crippen LogP contribution is -2.21. The number of aromatic nitrogens is 1. The van der Waals surface area contributed by atoms with Crippen LogP contribution >= 0.6 is 23.2 Å². The Labute approximate surface area is 169 Å². The van der Waals surface area contributed by atoms with Gasteiger partial charge in [0, 0.05) is 6.20 Å². The number of hydrogen-bond donors (Lipinski definition) is 2. The van der Waals surface area contributed by atoms with Gasteiger partial charge in [0.25, 0.3) is 11.8 Å². The number of hydrogen-bond acceptors (Lipinski definition) is 7. The van der Waals surface area contributed by atoms with E-state index in [1.807, 2.05) is 0 Å². The van der Waals surface area contributed by atoms with Crippen LogP contribution in [0.4, 0.5) is 5.82 Å². The van der Waals surface area contributed by atoms with Crippen molar-refractivity contribution in [3.63, 3.8) is 0 Å². The summed E-state index contributed by atoms with van der Waals surface area (Å²) < 4.78 is 15.2. The number of primary amides is 1. The molecular weight excluding hydrogens is 413 g/mol. The van der Waals surface area contributed by atoms with Gasteiger partial charge in [0.2, 0.25) is 0 Å². The number of carbonyl (C=O) groups is 3. The number of carbonyl (C=O) groups excluding carboxylic acids is 3. The highest BCUT2D eigenvalue weighted by Crippen LogP contribution is 2.36. The first-order valence-corrected chi connectivity index (χ1v) is 8.43. The molecule has 1 aromatic heterocycles. The van der Waals surface area contributed by atoms with Gasteiger partial charge in [-0.05, 0) is 24.3 Å². The Morgan fingerprint density at radius 3 is 2.54 bits per heavy atom. The van der Waals surface area contributed by atoms with Gasteiger partial charge in [-0.15, -0.1) is 0 Å². The summed E-state index contributed by atoms with van der Waals surface area (Å²) in [6, 6.07) is 5.59. The van der Waals surface area contributed by atoms with Crippen molar-refractivity contribution in [3.05, 3.63) is 46.1 Å². The van der Waals surface area contributed by atoms with Crippen molar-refractivity contribution >= 4 is 46.8 Å². The summed E-state index contributed by atoms with van der Waals surface area (Å²) in [7, 11) is 1.32. The number of amides is 2.